The molecule has 7 nitrogen and oxygen atoms in total. The number of amides is 2. The Hall–Kier alpha value is -3.42. The molecule has 0 aliphatic carbocycles. The molecule has 0 radical (unpaired) electrons. The van der Waals surface area contributed by atoms with Crippen LogP contribution < -0.4 is 16.4 Å². The average Bonchev–Trinajstić information content (AvgIpc) is 2.75. The molecule has 2 amide bonds. The zero-order chi connectivity index (χ0) is 22.8. The van der Waals surface area contributed by atoms with Crippen molar-refractivity contribution in [2.75, 3.05) is 27.2 Å². The maximum Gasteiger partial charge on any atom is 0.253 e. The van der Waals surface area contributed by atoms with Crippen LogP contribution in [0, 0.1) is 11.7 Å². The fourth-order valence-electron chi connectivity index (χ4n) is 2.92. The van der Waals surface area contributed by atoms with Crippen LogP contribution in [0.4, 0.5) is 4.39 Å². The molecule has 0 saturated heterocycles. The summed E-state index contributed by atoms with van der Waals surface area (Å²) in [6.07, 6.45) is 0.406. The molecule has 0 bridgehead atoms. The Balaban J connectivity index is 1.99. The van der Waals surface area contributed by atoms with Crippen molar-refractivity contribution in [2.24, 2.45) is 16.6 Å². The summed E-state index contributed by atoms with van der Waals surface area (Å²) in [5, 5.41) is 6.29. The number of halogens is 1. The molecule has 0 aromatic heterocycles. The molecule has 2 aromatic carbocycles. The number of benzene rings is 2. The largest absolute Gasteiger partial charge is 0.369 e. The molecule has 31 heavy (non-hydrogen) atoms. The Morgan fingerprint density at radius 2 is 1.65 bits per heavy atom. The predicted octanol–water partition coefficient (Wildman–Crippen LogP) is 1.93. The molecule has 4 N–H and O–H groups in total. The molecule has 1 atom stereocenters. The number of nitrogens with one attached hydrogen (secondary N) is 2. The number of primary amides is 1. The van der Waals surface area contributed by atoms with E-state index in [2.05, 4.69) is 15.6 Å². The zero-order valence-corrected chi connectivity index (χ0v) is 18.2. The van der Waals surface area contributed by atoms with E-state index < -0.39 is 11.8 Å². The first-order chi connectivity index (χ1) is 14.8. The van der Waals surface area contributed by atoms with E-state index in [1.54, 1.807) is 38.4 Å². The van der Waals surface area contributed by atoms with Gasteiger partial charge in [0, 0.05) is 32.7 Å². The van der Waals surface area contributed by atoms with Gasteiger partial charge in [-0.05, 0) is 48.7 Å². The van der Waals surface area contributed by atoms with Gasteiger partial charge in [-0.2, -0.15) is 0 Å². The third kappa shape index (κ3) is 7.73. The molecule has 0 spiro atoms. The molecule has 8 heteroatoms. The van der Waals surface area contributed by atoms with Gasteiger partial charge in [0.25, 0.3) is 5.91 Å². The molecule has 2 aromatic rings. The van der Waals surface area contributed by atoms with Crippen LogP contribution in [0.5, 0.6) is 0 Å². The summed E-state index contributed by atoms with van der Waals surface area (Å²) in [7, 11) is 3.43. The minimum atomic E-state index is -0.467. The Bertz CT molecular complexity index is 895. The van der Waals surface area contributed by atoms with Gasteiger partial charge in [0.15, 0.2) is 5.96 Å². The minimum Gasteiger partial charge on any atom is -0.369 e. The zero-order valence-electron chi connectivity index (χ0n) is 18.2. The normalized spacial score (nSPS) is 12.2. The van der Waals surface area contributed by atoms with Crippen LogP contribution >= 0.6 is 0 Å². The van der Waals surface area contributed by atoms with E-state index in [4.69, 9.17) is 5.73 Å². The molecule has 166 valence electrons. The van der Waals surface area contributed by atoms with Crippen molar-refractivity contribution in [1.82, 2.24) is 15.5 Å². The van der Waals surface area contributed by atoms with Crippen molar-refractivity contribution in [3.05, 3.63) is 71.0 Å². The number of nitrogens with two attached hydrogens (primary N) is 1. The fourth-order valence-corrected chi connectivity index (χ4v) is 2.92. The van der Waals surface area contributed by atoms with Crippen molar-refractivity contribution in [2.45, 2.75) is 19.9 Å². The van der Waals surface area contributed by atoms with Crippen molar-refractivity contribution in [3.63, 3.8) is 0 Å². The van der Waals surface area contributed by atoms with Crippen LogP contribution in [-0.2, 0) is 17.8 Å². The molecular formula is C23H30FN5O2. The number of rotatable bonds is 9. The van der Waals surface area contributed by atoms with Gasteiger partial charge >= 0.3 is 0 Å². The van der Waals surface area contributed by atoms with Gasteiger partial charge in [-0.25, -0.2) is 9.38 Å². The summed E-state index contributed by atoms with van der Waals surface area (Å²) < 4.78 is 13.1. The Kier molecular flexibility index (Phi) is 8.99. The number of hydrogen-bond acceptors (Lipinski definition) is 3. The second kappa shape index (κ2) is 11.7. The molecule has 2 rings (SSSR count). The summed E-state index contributed by atoms with van der Waals surface area (Å²) in [6, 6.07) is 13.3. The highest BCUT2D eigenvalue weighted by molar-refractivity contribution is 5.93. The van der Waals surface area contributed by atoms with Gasteiger partial charge in [-0.1, -0.05) is 24.3 Å². The molecule has 0 aliphatic heterocycles. The molecule has 1 unspecified atom stereocenters. The highest BCUT2D eigenvalue weighted by Gasteiger charge is 2.17. The van der Waals surface area contributed by atoms with Crippen LogP contribution in [0.15, 0.2) is 53.5 Å². The van der Waals surface area contributed by atoms with Crippen LogP contribution in [0.25, 0.3) is 0 Å². The molecule has 0 heterocycles. The summed E-state index contributed by atoms with van der Waals surface area (Å²) in [4.78, 5) is 29.9. The van der Waals surface area contributed by atoms with Crippen molar-refractivity contribution < 1.29 is 14.0 Å². The third-order valence-corrected chi connectivity index (χ3v) is 4.68. The molecular weight excluding hydrogens is 397 g/mol. The second-order valence-electron chi connectivity index (χ2n) is 7.40. The van der Waals surface area contributed by atoms with Crippen LogP contribution in [0.3, 0.4) is 0 Å². The SMILES string of the molecule is CCNC(=NCc1ccc(C(=O)N(C)C)cc1)NCC(Cc1ccc(F)cc1)C(N)=O. The summed E-state index contributed by atoms with van der Waals surface area (Å²) in [5.41, 5.74) is 7.96. The summed E-state index contributed by atoms with van der Waals surface area (Å²) in [6.45, 7) is 3.31. The van der Waals surface area contributed by atoms with Crippen LogP contribution in [0.2, 0.25) is 0 Å². The average molecular weight is 428 g/mol. The first-order valence-electron chi connectivity index (χ1n) is 10.2. The number of aliphatic imine (C=N–C) groups is 1. The number of guanidine groups is 1. The lowest BCUT2D eigenvalue weighted by molar-refractivity contribution is -0.121. The topological polar surface area (TPSA) is 99.8 Å². The maximum atomic E-state index is 13.1. The standard InChI is InChI=1S/C23H30FN5O2/c1-4-26-23(27-14-17-5-9-18(10-6-17)22(31)29(2)3)28-15-19(21(25)30)13-16-7-11-20(24)12-8-16/h5-12,19H,4,13-15H2,1-3H3,(H2,25,30)(H2,26,27,28). The fraction of sp³-hybridized carbons (Fsp3) is 0.348. The van der Waals surface area contributed by atoms with Crippen molar-refractivity contribution in [3.8, 4) is 0 Å². The number of carbonyl (C=O) groups is 2. The molecule has 0 saturated carbocycles. The maximum absolute atomic E-state index is 13.1. The van der Waals surface area contributed by atoms with E-state index in [0.29, 0.717) is 37.6 Å². The number of hydrogen-bond donors (Lipinski definition) is 3. The number of nitrogens with zero attached hydrogens (tertiary/aromatic N) is 2. The first-order valence-corrected chi connectivity index (χ1v) is 10.2. The van der Waals surface area contributed by atoms with Crippen molar-refractivity contribution >= 4 is 17.8 Å². The highest BCUT2D eigenvalue weighted by atomic mass is 19.1. The lowest BCUT2D eigenvalue weighted by atomic mass is 9.98. The van der Waals surface area contributed by atoms with E-state index >= 15 is 0 Å². The predicted molar refractivity (Wildman–Crippen MR) is 120 cm³/mol. The minimum absolute atomic E-state index is 0.0521. The molecule has 0 aliphatic rings. The van der Waals surface area contributed by atoms with Gasteiger partial charge in [0.2, 0.25) is 5.91 Å². The van der Waals surface area contributed by atoms with Gasteiger partial charge < -0.3 is 21.3 Å². The van der Waals surface area contributed by atoms with Gasteiger partial charge in [0.05, 0.1) is 12.5 Å². The lowest BCUT2D eigenvalue weighted by Gasteiger charge is -2.17. The summed E-state index contributed by atoms with van der Waals surface area (Å²) >= 11 is 0. The Labute approximate surface area is 182 Å². The summed E-state index contributed by atoms with van der Waals surface area (Å²) in [5.74, 6) is -0.720. The van der Waals surface area contributed by atoms with Gasteiger partial charge in [-0.15, -0.1) is 0 Å². The van der Waals surface area contributed by atoms with E-state index in [1.165, 1.54) is 17.0 Å². The second-order valence-corrected chi connectivity index (χ2v) is 7.40. The Morgan fingerprint density at radius 1 is 1.03 bits per heavy atom. The molecule has 0 fully saturated rings. The van der Waals surface area contributed by atoms with E-state index in [0.717, 1.165) is 11.1 Å². The van der Waals surface area contributed by atoms with Gasteiger partial charge in [0.1, 0.15) is 5.82 Å². The Morgan fingerprint density at radius 3 is 2.19 bits per heavy atom. The van der Waals surface area contributed by atoms with Gasteiger partial charge in [-0.3, -0.25) is 9.59 Å². The number of carbonyl (C=O) groups excluding carboxylic acids is 2. The lowest BCUT2D eigenvalue weighted by Crippen LogP contribution is -2.43. The van der Waals surface area contributed by atoms with Crippen LogP contribution in [0.1, 0.15) is 28.4 Å². The van der Waals surface area contributed by atoms with E-state index in [1.807, 2.05) is 19.1 Å². The van der Waals surface area contributed by atoms with E-state index in [-0.39, 0.29) is 11.7 Å². The van der Waals surface area contributed by atoms with E-state index in [9.17, 15) is 14.0 Å². The highest BCUT2D eigenvalue weighted by Crippen LogP contribution is 2.10. The quantitative estimate of drug-likeness (QED) is 0.421. The monoisotopic (exact) mass is 427 g/mol. The van der Waals surface area contributed by atoms with Crippen LogP contribution in [-0.4, -0.2) is 49.9 Å². The van der Waals surface area contributed by atoms with Crippen molar-refractivity contribution in [1.29, 1.82) is 0 Å². The first kappa shape index (κ1) is 23.9. The third-order valence-electron chi connectivity index (χ3n) is 4.68. The smallest absolute Gasteiger partial charge is 0.253 e.